The SMILES string of the molecule is Cc1cccc(C(=O)Nc2sc3c(c2C#N)CCN(C(=O)OC(C)(C)C)C3)c1. The van der Waals surface area contributed by atoms with Gasteiger partial charge in [0.05, 0.1) is 12.1 Å². The van der Waals surface area contributed by atoms with Crippen LogP contribution in [0.2, 0.25) is 0 Å². The third-order valence-corrected chi connectivity index (χ3v) is 5.46. The molecular formula is C21H23N3O3S. The van der Waals surface area contributed by atoms with Crippen LogP contribution in [-0.4, -0.2) is 29.0 Å². The number of carbonyl (C=O) groups excluding carboxylic acids is 2. The van der Waals surface area contributed by atoms with E-state index in [0.29, 0.717) is 35.6 Å². The minimum atomic E-state index is -0.558. The second-order valence-corrected chi connectivity index (χ2v) is 8.90. The van der Waals surface area contributed by atoms with Gasteiger partial charge in [0.1, 0.15) is 16.7 Å². The smallest absolute Gasteiger partial charge is 0.410 e. The summed E-state index contributed by atoms with van der Waals surface area (Å²) in [6.07, 6.45) is 0.198. The summed E-state index contributed by atoms with van der Waals surface area (Å²) in [7, 11) is 0. The van der Waals surface area contributed by atoms with Crippen molar-refractivity contribution in [3.63, 3.8) is 0 Å². The van der Waals surface area contributed by atoms with Gasteiger partial charge in [-0.2, -0.15) is 5.26 Å². The Morgan fingerprint density at radius 1 is 1.32 bits per heavy atom. The number of hydrogen-bond acceptors (Lipinski definition) is 5. The molecule has 0 saturated heterocycles. The Morgan fingerprint density at radius 2 is 2.07 bits per heavy atom. The standard InChI is InChI=1S/C21H23N3O3S/c1-13-6-5-7-14(10-13)18(25)23-19-16(11-22)15-8-9-24(12-17(15)28-19)20(26)27-21(2,3)4/h5-7,10H,8-9,12H2,1-4H3,(H,23,25). The highest BCUT2D eigenvalue weighted by molar-refractivity contribution is 7.16. The molecule has 28 heavy (non-hydrogen) atoms. The van der Waals surface area contributed by atoms with Crippen molar-refractivity contribution in [3.05, 3.63) is 51.4 Å². The van der Waals surface area contributed by atoms with E-state index >= 15 is 0 Å². The topological polar surface area (TPSA) is 82.4 Å². The van der Waals surface area contributed by atoms with Crippen LogP contribution in [0.25, 0.3) is 0 Å². The number of carbonyl (C=O) groups is 2. The zero-order valence-electron chi connectivity index (χ0n) is 16.5. The molecule has 2 amide bonds. The summed E-state index contributed by atoms with van der Waals surface area (Å²) < 4.78 is 5.45. The quantitative estimate of drug-likeness (QED) is 0.810. The highest BCUT2D eigenvalue weighted by Crippen LogP contribution is 2.37. The number of anilines is 1. The fourth-order valence-electron chi connectivity index (χ4n) is 3.05. The van der Waals surface area contributed by atoms with E-state index in [0.717, 1.165) is 16.0 Å². The predicted molar refractivity (Wildman–Crippen MR) is 109 cm³/mol. The minimum absolute atomic E-state index is 0.247. The summed E-state index contributed by atoms with van der Waals surface area (Å²) in [5, 5.41) is 13.0. The molecule has 7 heteroatoms. The first-order valence-corrected chi connectivity index (χ1v) is 9.90. The van der Waals surface area contributed by atoms with Crippen molar-refractivity contribution in [2.45, 2.75) is 46.3 Å². The summed E-state index contributed by atoms with van der Waals surface area (Å²) in [5.41, 5.74) is 2.38. The number of benzene rings is 1. The monoisotopic (exact) mass is 397 g/mol. The van der Waals surface area contributed by atoms with Gasteiger partial charge in [0.15, 0.2) is 0 Å². The molecule has 1 aromatic heterocycles. The molecule has 0 unspecified atom stereocenters. The number of nitrogens with one attached hydrogen (secondary N) is 1. The van der Waals surface area contributed by atoms with E-state index in [4.69, 9.17) is 4.74 Å². The van der Waals surface area contributed by atoms with Crippen LogP contribution in [0.4, 0.5) is 9.80 Å². The summed E-state index contributed by atoms with van der Waals surface area (Å²) in [4.78, 5) is 27.5. The molecule has 2 aromatic rings. The van der Waals surface area contributed by atoms with E-state index in [-0.39, 0.29) is 12.0 Å². The average molecular weight is 398 g/mol. The van der Waals surface area contributed by atoms with Crippen molar-refractivity contribution < 1.29 is 14.3 Å². The molecule has 1 aliphatic rings. The maximum Gasteiger partial charge on any atom is 0.410 e. The van der Waals surface area contributed by atoms with Gasteiger partial charge in [0.2, 0.25) is 0 Å². The van der Waals surface area contributed by atoms with Gasteiger partial charge in [0, 0.05) is 17.0 Å². The largest absolute Gasteiger partial charge is 0.444 e. The van der Waals surface area contributed by atoms with Crippen LogP contribution in [0.3, 0.4) is 0 Å². The van der Waals surface area contributed by atoms with E-state index in [1.807, 2.05) is 39.8 Å². The molecule has 3 rings (SSSR count). The van der Waals surface area contributed by atoms with Crippen LogP contribution in [0.5, 0.6) is 0 Å². The highest BCUT2D eigenvalue weighted by atomic mass is 32.1. The zero-order valence-corrected chi connectivity index (χ0v) is 17.3. The zero-order chi connectivity index (χ0) is 20.5. The van der Waals surface area contributed by atoms with Crippen LogP contribution in [0, 0.1) is 18.3 Å². The lowest BCUT2D eigenvalue weighted by Crippen LogP contribution is -2.39. The summed E-state index contributed by atoms with van der Waals surface area (Å²) in [5.74, 6) is -0.247. The Morgan fingerprint density at radius 3 is 2.71 bits per heavy atom. The molecule has 0 atom stereocenters. The van der Waals surface area contributed by atoms with Gasteiger partial charge >= 0.3 is 6.09 Å². The van der Waals surface area contributed by atoms with Crippen molar-refractivity contribution in [1.29, 1.82) is 5.26 Å². The number of thiophene rings is 1. The summed E-state index contributed by atoms with van der Waals surface area (Å²) >= 11 is 1.35. The Kier molecular flexibility index (Phi) is 5.43. The van der Waals surface area contributed by atoms with Gasteiger partial charge in [-0.15, -0.1) is 11.3 Å². The molecule has 0 saturated carbocycles. The van der Waals surface area contributed by atoms with Crippen molar-refractivity contribution in [2.24, 2.45) is 0 Å². The first-order valence-electron chi connectivity index (χ1n) is 9.08. The third kappa shape index (κ3) is 4.34. The van der Waals surface area contributed by atoms with E-state index in [1.165, 1.54) is 11.3 Å². The van der Waals surface area contributed by atoms with E-state index in [9.17, 15) is 14.9 Å². The molecule has 2 heterocycles. The number of nitrogens with zero attached hydrogens (tertiary/aromatic N) is 2. The van der Waals surface area contributed by atoms with Crippen molar-refractivity contribution in [1.82, 2.24) is 4.90 Å². The predicted octanol–water partition coefficient (Wildman–Crippen LogP) is 4.47. The lowest BCUT2D eigenvalue weighted by molar-refractivity contribution is 0.0226. The molecule has 146 valence electrons. The summed E-state index contributed by atoms with van der Waals surface area (Å²) in [6, 6.07) is 9.51. The van der Waals surface area contributed by atoms with Gasteiger partial charge in [-0.05, 0) is 51.8 Å². The number of amides is 2. The first kappa shape index (κ1) is 19.9. The van der Waals surface area contributed by atoms with Crippen molar-refractivity contribution in [2.75, 3.05) is 11.9 Å². The lowest BCUT2D eigenvalue weighted by atomic mass is 10.0. The molecule has 0 fully saturated rings. The third-order valence-electron chi connectivity index (χ3n) is 4.33. The van der Waals surface area contributed by atoms with Crippen LogP contribution in [0.15, 0.2) is 24.3 Å². The second-order valence-electron chi connectivity index (χ2n) is 7.80. The van der Waals surface area contributed by atoms with Crippen molar-refractivity contribution >= 4 is 28.3 Å². The number of nitriles is 1. The molecule has 0 radical (unpaired) electrons. The van der Waals surface area contributed by atoms with Crippen LogP contribution < -0.4 is 5.32 Å². The fraction of sp³-hybridized carbons (Fsp3) is 0.381. The normalized spacial score (nSPS) is 13.5. The maximum atomic E-state index is 12.6. The highest BCUT2D eigenvalue weighted by Gasteiger charge is 2.30. The van der Waals surface area contributed by atoms with Crippen LogP contribution >= 0.6 is 11.3 Å². The molecule has 1 N–H and O–H groups in total. The second kappa shape index (κ2) is 7.64. The number of fused-ring (bicyclic) bond motifs is 1. The molecular weight excluding hydrogens is 374 g/mol. The molecule has 0 aliphatic carbocycles. The van der Waals surface area contributed by atoms with Crippen LogP contribution in [-0.2, 0) is 17.7 Å². The number of aryl methyl sites for hydroxylation is 1. The van der Waals surface area contributed by atoms with Gasteiger partial charge in [0.25, 0.3) is 5.91 Å². The maximum absolute atomic E-state index is 12.6. The Hall–Kier alpha value is -2.85. The van der Waals surface area contributed by atoms with E-state index < -0.39 is 5.60 Å². The summed E-state index contributed by atoms with van der Waals surface area (Å²) in [6.45, 7) is 8.28. The molecule has 1 aliphatic heterocycles. The molecule has 0 bridgehead atoms. The first-order chi connectivity index (χ1) is 13.2. The number of ether oxygens (including phenoxy) is 1. The average Bonchev–Trinajstić information content (AvgIpc) is 2.96. The van der Waals surface area contributed by atoms with Gasteiger partial charge in [-0.3, -0.25) is 4.79 Å². The van der Waals surface area contributed by atoms with Gasteiger partial charge < -0.3 is 15.0 Å². The van der Waals surface area contributed by atoms with Crippen molar-refractivity contribution in [3.8, 4) is 6.07 Å². The fourth-order valence-corrected chi connectivity index (χ4v) is 4.26. The minimum Gasteiger partial charge on any atom is -0.444 e. The molecule has 6 nitrogen and oxygen atoms in total. The molecule has 0 spiro atoms. The Labute approximate surface area is 168 Å². The Bertz CT molecular complexity index is 966. The van der Waals surface area contributed by atoms with Gasteiger partial charge in [-0.25, -0.2) is 4.79 Å². The van der Waals surface area contributed by atoms with E-state index in [2.05, 4.69) is 11.4 Å². The Balaban J connectivity index is 1.80. The molecule has 1 aromatic carbocycles. The lowest BCUT2D eigenvalue weighted by Gasteiger charge is -2.29. The van der Waals surface area contributed by atoms with E-state index in [1.54, 1.807) is 17.0 Å². The van der Waals surface area contributed by atoms with Gasteiger partial charge in [-0.1, -0.05) is 17.7 Å². The van der Waals surface area contributed by atoms with Crippen LogP contribution in [0.1, 0.15) is 52.7 Å². The number of rotatable bonds is 2. The number of hydrogen-bond donors (Lipinski definition) is 1.